The summed E-state index contributed by atoms with van der Waals surface area (Å²) in [6, 6.07) is 5.30. The Labute approximate surface area is 75.0 Å². The minimum atomic E-state index is -0.934. The van der Waals surface area contributed by atoms with E-state index in [2.05, 4.69) is 10.9 Å². The van der Waals surface area contributed by atoms with Crippen molar-refractivity contribution in [1.29, 1.82) is 0 Å². The van der Waals surface area contributed by atoms with Crippen molar-refractivity contribution in [3.8, 4) is 12.3 Å². The second-order valence-electron chi connectivity index (χ2n) is 2.62. The molecule has 0 radical (unpaired) electrons. The minimum absolute atomic E-state index is 0.549. The molecule has 0 amide bonds. The zero-order valence-electron chi connectivity index (χ0n) is 6.77. The summed E-state index contributed by atoms with van der Waals surface area (Å²) in [4.78, 5) is 3.95. The highest BCUT2D eigenvalue weighted by molar-refractivity contribution is 5.76. The van der Waals surface area contributed by atoms with Crippen LogP contribution < -0.4 is 0 Å². The third-order valence-corrected chi connectivity index (χ3v) is 1.84. The van der Waals surface area contributed by atoms with Gasteiger partial charge in [0, 0.05) is 5.56 Å². The van der Waals surface area contributed by atoms with Crippen molar-refractivity contribution in [2.45, 2.75) is 6.10 Å². The van der Waals surface area contributed by atoms with Crippen LogP contribution in [0.5, 0.6) is 0 Å². The summed E-state index contributed by atoms with van der Waals surface area (Å²) in [5, 5.41) is 9.42. The number of oxazole rings is 1. The topological polar surface area (TPSA) is 46.3 Å². The molecular weight excluding hydrogens is 166 g/mol. The Balaban J connectivity index is 2.69. The Bertz CT molecular complexity index is 467. The lowest BCUT2D eigenvalue weighted by molar-refractivity contribution is 0.238. The van der Waals surface area contributed by atoms with Gasteiger partial charge < -0.3 is 9.52 Å². The van der Waals surface area contributed by atoms with Gasteiger partial charge in [-0.25, -0.2) is 4.98 Å². The lowest BCUT2D eigenvalue weighted by atomic mass is 10.1. The molecule has 64 valence electrons. The molecule has 0 spiro atoms. The van der Waals surface area contributed by atoms with Gasteiger partial charge in [0.25, 0.3) is 0 Å². The molecule has 0 saturated heterocycles. The van der Waals surface area contributed by atoms with Crippen molar-refractivity contribution in [2.24, 2.45) is 0 Å². The zero-order chi connectivity index (χ0) is 9.26. The minimum Gasteiger partial charge on any atom is -0.443 e. The van der Waals surface area contributed by atoms with Crippen molar-refractivity contribution in [2.75, 3.05) is 0 Å². The van der Waals surface area contributed by atoms with Gasteiger partial charge in [-0.15, -0.1) is 6.42 Å². The lowest BCUT2D eigenvalue weighted by Gasteiger charge is -2.02. The summed E-state index contributed by atoms with van der Waals surface area (Å²) in [5.74, 6) is 2.23. The van der Waals surface area contributed by atoms with E-state index in [1.54, 1.807) is 18.2 Å². The Morgan fingerprint density at radius 2 is 2.38 bits per heavy atom. The van der Waals surface area contributed by atoms with E-state index in [9.17, 15) is 5.11 Å². The van der Waals surface area contributed by atoms with Crippen LogP contribution in [0.4, 0.5) is 0 Å². The number of aliphatic hydroxyl groups is 1. The molecular formula is C10H7NO2. The number of rotatable bonds is 1. The van der Waals surface area contributed by atoms with Crippen molar-refractivity contribution in [1.82, 2.24) is 4.98 Å². The van der Waals surface area contributed by atoms with Gasteiger partial charge in [-0.1, -0.05) is 18.1 Å². The van der Waals surface area contributed by atoms with Crippen LogP contribution in [0.2, 0.25) is 0 Å². The van der Waals surface area contributed by atoms with E-state index in [0.29, 0.717) is 16.7 Å². The molecule has 1 aromatic carbocycles. The van der Waals surface area contributed by atoms with Crippen LogP contribution in [0.25, 0.3) is 11.1 Å². The fourth-order valence-electron chi connectivity index (χ4n) is 1.21. The highest BCUT2D eigenvalue weighted by Gasteiger charge is 2.10. The third kappa shape index (κ3) is 1.17. The van der Waals surface area contributed by atoms with Gasteiger partial charge >= 0.3 is 0 Å². The number of hydrogen-bond acceptors (Lipinski definition) is 3. The van der Waals surface area contributed by atoms with Crippen LogP contribution in [-0.2, 0) is 0 Å². The Hall–Kier alpha value is -1.79. The van der Waals surface area contributed by atoms with Crippen LogP contribution in [0, 0.1) is 12.3 Å². The molecule has 1 heterocycles. The second-order valence-corrected chi connectivity index (χ2v) is 2.62. The largest absolute Gasteiger partial charge is 0.443 e. The Kier molecular flexibility index (Phi) is 1.76. The van der Waals surface area contributed by atoms with E-state index in [1.807, 2.05) is 0 Å². The molecule has 0 saturated carbocycles. The first-order valence-corrected chi connectivity index (χ1v) is 3.79. The van der Waals surface area contributed by atoms with Crippen molar-refractivity contribution in [3.05, 3.63) is 30.2 Å². The fourth-order valence-corrected chi connectivity index (χ4v) is 1.21. The summed E-state index contributed by atoms with van der Waals surface area (Å²) < 4.78 is 5.11. The number of para-hydroxylation sites is 1. The molecule has 3 heteroatoms. The van der Waals surface area contributed by atoms with Gasteiger partial charge in [0.1, 0.15) is 11.6 Å². The first-order chi connectivity index (χ1) is 6.33. The molecule has 3 nitrogen and oxygen atoms in total. The summed E-state index contributed by atoms with van der Waals surface area (Å²) in [6.45, 7) is 0. The maximum absolute atomic E-state index is 9.42. The molecule has 0 aliphatic heterocycles. The average molecular weight is 173 g/mol. The lowest BCUT2D eigenvalue weighted by Crippen LogP contribution is -1.93. The summed E-state index contributed by atoms with van der Waals surface area (Å²) in [7, 11) is 0. The SMILES string of the molecule is C#CC(O)c1cccc2ncoc12. The predicted molar refractivity (Wildman–Crippen MR) is 47.8 cm³/mol. The summed E-state index contributed by atoms with van der Waals surface area (Å²) in [6.07, 6.45) is 5.50. The van der Waals surface area contributed by atoms with Gasteiger partial charge in [0.15, 0.2) is 12.0 Å². The molecule has 0 bridgehead atoms. The Morgan fingerprint density at radius 1 is 1.54 bits per heavy atom. The summed E-state index contributed by atoms with van der Waals surface area (Å²) in [5.41, 5.74) is 1.83. The van der Waals surface area contributed by atoms with Gasteiger partial charge in [-0.2, -0.15) is 0 Å². The number of aromatic nitrogens is 1. The van der Waals surface area contributed by atoms with Gasteiger partial charge in [0.2, 0.25) is 0 Å². The van der Waals surface area contributed by atoms with Crippen molar-refractivity contribution < 1.29 is 9.52 Å². The zero-order valence-corrected chi connectivity index (χ0v) is 6.77. The monoisotopic (exact) mass is 173 g/mol. The van der Waals surface area contributed by atoms with E-state index >= 15 is 0 Å². The van der Waals surface area contributed by atoms with Crippen molar-refractivity contribution >= 4 is 11.1 Å². The quantitative estimate of drug-likeness (QED) is 0.664. The van der Waals surface area contributed by atoms with Crippen molar-refractivity contribution in [3.63, 3.8) is 0 Å². The highest BCUT2D eigenvalue weighted by atomic mass is 16.3. The van der Waals surface area contributed by atoms with Crippen LogP contribution in [0.3, 0.4) is 0 Å². The second kappa shape index (κ2) is 2.92. The van der Waals surface area contributed by atoms with Crippen LogP contribution in [0.15, 0.2) is 29.0 Å². The van der Waals surface area contributed by atoms with Crippen LogP contribution in [-0.4, -0.2) is 10.1 Å². The maximum Gasteiger partial charge on any atom is 0.181 e. The van der Waals surface area contributed by atoms with E-state index in [1.165, 1.54) is 6.39 Å². The molecule has 0 aliphatic carbocycles. The third-order valence-electron chi connectivity index (χ3n) is 1.84. The van der Waals surface area contributed by atoms with E-state index in [4.69, 9.17) is 10.8 Å². The van der Waals surface area contributed by atoms with E-state index < -0.39 is 6.10 Å². The number of hydrogen-bond donors (Lipinski definition) is 1. The molecule has 1 atom stereocenters. The predicted octanol–water partition coefficient (Wildman–Crippen LogP) is 1.49. The van der Waals surface area contributed by atoms with Crippen LogP contribution in [0.1, 0.15) is 11.7 Å². The standard InChI is InChI=1S/C10H7NO2/c1-2-9(12)7-4-3-5-8-10(7)13-6-11-8/h1,3-6,9,12H. The number of fused-ring (bicyclic) bond motifs is 1. The highest BCUT2D eigenvalue weighted by Crippen LogP contribution is 2.22. The molecule has 0 aliphatic rings. The van der Waals surface area contributed by atoms with E-state index in [0.717, 1.165) is 0 Å². The normalized spacial score (nSPS) is 12.6. The number of aliphatic hydroxyl groups excluding tert-OH is 1. The average Bonchev–Trinajstić information content (AvgIpc) is 2.63. The fraction of sp³-hybridized carbons (Fsp3) is 0.100. The number of benzene rings is 1. The van der Waals surface area contributed by atoms with Gasteiger partial charge in [0.05, 0.1) is 0 Å². The summed E-state index contributed by atoms with van der Waals surface area (Å²) >= 11 is 0. The van der Waals surface area contributed by atoms with Gasteiger partial charge in [-0.05, 0) is 6.07 Å². The molecule has 1 N–H and O–H groups in total. The molecule has 2 aromatic rings. The van der Waals surface area contributed by atoms with Crippen LogP contribution >= 0.6 is 0 Å². The Morgan fingerprint density at radius 3 is 3.15 bits per heavy atom. The first kappa shape index (κ1) is 7.84. The van der Waals surface area contributed by atoms with Gasteiger partial charge in [-0.3, -0.25) is 0 Å². The first-order valence-electron chi connectivity index (χ1n) is 3.79. The smallest absolute Gasteiger partial charge is 0.181 e. The number of terminal acetylenes is 1. The molecule has 2 rings (SSSR count). The molecule has 1 unspecified atom stereocenters. The molecule has 0 fully saturated rings. The number of nitrogens with zero attached hydrogens (tertiary/aromatic N) is 1. The molecule has 1 aromatic heterocycles. The molecule has 13 heavy (non-hydrogen) atoms. The maximum atomic E-state index is 9.42. The van der Waals surface area contributed by atoms with E-state index in [-0.39, 0.29) is 0 Å².